The van der Waals surface area contributed by atoms with Crippen LogP contribution >= 0.6 is 0 Å². The maximum Gasteiger partial charge on any atom is 0.272 e. The van der Waals surface area contributed by atoms with Crippen LogP contribution in [0.2, 0.25) is 0 Å². The van der Waals surface area contributed by atoms with E-state index in [0.717, 1.165) is 11.1 Å². The van der Waals surface area contributed by atoms with Crippen molar-refractivity contribution in [3.63, 3.8) is 0 Å². The molecule has 1 heterocycles. The fourth-order valence-electron chi connectivity index (χ4n) is 3.11. The molecule has 28 heavy (non-hydrogen) atoms. The van der Waals surface area contributed by atoms with Crippen LogP contribution < -0.4 is 16.0 Å². The van der Waals surface area contributed by atoms with Gasteiger partial charge in [0.2, 0.25) is 18.0 Å². The molecule has 3 rings (SSSR count). The van der Waals surface area contributed by atoms with Gasteiger partial charge in [0, 0.05) is 30.5 Å². The summed E-state index contributed by atoms with van der Waals surface area (Å²) < 4.78 is 0. The highest BCUT2D eigenvalue weighted by molar-refractivity contribution is 6.20. The van der Waals surface area contributed by atoms with Crippen molar-refractivity contribution < 1.29 is 14.4 Å². The molecule has 1 aliphatic rings. The molecule has 0 aliphatic carbocycles. The maximum absolute atomic E-state index is 13.0. The smallest absolute Gasteiger partial charge is 0.272 e. The van der Waals surface area contributed by atoms with Crippen LogP contribution in [-0.4, -0.2) is 36.6 Å². The van der Waals surface area contributed by atoms with Gasteiger partial charge < -0.3 is 16.0 Å². The van der Waals surface area contributed by atoms with Crippen molar-refractivity contribution in [3.8, 4) is 0 Å². The van der Waals surface area contributed by atoms with E-state index in [9.17, 15) is 14.4 Å². The monoisotopic (exact) mass is 378 g/mol. The van der Waals surface area contributed by atoms with Crippen molar-refractivity contribution in [2.75, 3.05) is 11.9 Å². The summed E-state index contributed by atoms with van der Waals surface area (Å²) >= 11 is 0. The first-order valence-electron chi connectivity index (χ1n) is 8.97. The number of aliphatic imine (C=N–C) groups is 1. The first-order valence-corrected chi connectivity index (χ1v) is 8.97. The molecule has 3 amide bonds. The Morgan fingerprint density at radius 1 is 1.14 bits per heavy atom. The number of primary amides is 1. The third-order valence-electron chi connectivity index (χ3n) is 4.62. The van der Waals surface area contributed by atoms with Crippen LogP contribution in [0.4, 0.5) is 5.69 Å². The lowest BCUT2D eigenvalue weighted by Gasteiger charge is -2.21. The van der Waals surface area contributed by atoms with Gasteiger partial charge in [-0.2, -0.15) is 0 Å². The minimum absolute atomic E-state index is 0.0991. The number of carbonyl (C=O) groups excluding carboxylic acids is 3. The van der Waals surface area contributed by atoms with E-state index < -0.39 is 23.9 Å². The fraction of sp³-hybridized carbons (Fsp3) is 0.238. The lowest BCUT2D eigenvalue weighted by Crippen LogP contribution is -2.47. The number of likely N-dealkylation sites (N-methyl/N-ethyl adjacent to an activating group) is 1. The summed E-state index contributed by atoms with van der Waals surface area (Å²) in [5, 5.41) is 2.65. The number of nitrogens with zero attached hydrogens (tertiary/aromatic N) is 2. The van der Waals surface area contributed by atoms with E-state index in [1.165, 1.54) is 4.90 Å². The van der Waals surface area contributed by atoms with Crippen molar-refractivity contribution >= 4 is 29.1 Å². The zero-order valence-electron chi connectivity index (χ0n) is 15.8. The standard InChI is InChI=1S/C21H22N4O3/c1-13(12-17(22)26)20(27)24-19-21(28)25(2)16-11-7-6-10-15(16)18(23-19)14-8-4-3-5-9-14/h3-11,13,19H,12H2,1-2H3,(H2,22,26)(H,24,27). The Morgan fingerprint density at radius 3 is 2.46 bits per heavy atom. The van der Waals surface area contributed by atoms with Crippen LogP contribution in [0.15, 0.2) is 59.6 Å². The molecule has 2 aromatic rings. The van der Waals surface area contributed by atoms with Crippen molar-refractivity contribution in [1.29, 1.82) is 0 Å². The lowest BCUT2D eigenvalue weighted by atomic mass is 10.0. The van der Waals surface area contributed by atoms with Gasteiger partial charge in [0.25, 0.3) is 5.91 Å². The second-order valence-electron chi connectivity index (χ2n) is 6.74. The normalized spacial score (nSPS) is 17.2. The van der Waals surface area contributed by atoms with E-state index in [1.807, 2.05) is 54.6 Å². The number of hydrogen-bond donors (Lipinski definition) is 2. The molecule has 2 atom stereocenters. The minimum Gasteiger partial charge on any atom is -0.370 e. The Morgan fingerprint density at radius 2 is 1.79 bits per heavy atom. The number of carbonyl (C=O) groups is 3. The number of para-hydroxylation sites is 1. The number of benzodiazepines with no additional fused rings is 1. The van der Waals surface area contributed by atoms with Gasteiger partial charge in [-0.15, -0.1) is 0 Å². The zero-order valence-corrected chi connectivity index (χ0v) is 15.8. The van der Waals surface area contributed by atoms with E-state index in [0.29, 0.717) is 11.4 Å². The highest BCUT2D eigenvalue weighted by Gasteiger charge is 2.31. The van der Waals surface area contributed by atoms with E-state index in [-0.39, 0.29) is 12.3 Å². The molecule has 1 aliphatic heterocycles. The van der Waals surface area contributed by atoms with Crippen LogP contribution in [0.3, 0.4) is 0 Å². The highest BCUT2D eigenvalue weighted by atomic mass is 16.2. The molecule has 0 spiro atoms. The SMILES string of the molecule is CC(CC(N)=O)C(=O)NC1N=C(c2ccccc2)c2ccccc2N(C)C1=O. The van der Waals surface area contributed by atoms with Crippen LogP contribution in [0, 0.1) is 5.92 Å². The molecule has 0 aromatic heterocycles. The van der Waals surface area contributed by atoms with Crippen molar-refractivity contribution in [2.24, 2.45) is 16.6 Å². The average Bonchev–Trinajstić information content (AvgIpc) is 2.79. The highest BCUT2D eigenvalue weighted by Crippen LogP contribution is 2.27. The molecule has 7 heteroatoms. The van der Waals surface area contributed by atoms with Gasteiger partial charge in [-0.3, -0.25) is 14.4 Å². The first-order chi connectivity index (χ1) is 13.4. The van der Waals surface area contributed by atoms with E-state index >= 15 is 0 Å². The molecule has 0 fully saturated rings. The topological polar surface area (TPSA) is 105 Å². The van der Waals surface area contributed by atoms with Crippen LogP contribution in [0.5, 0.6) is 0 Å². The van der Waals surface area contributed by atoms with Gasteiger partial charge in [0.1, 0.15) is 0 Å². The molecule has 0 bridgehead atoms. The van der Waals surface area contributed by atoms with Gasteiger partial charge in [-0.25, -0.2) is 4.99 Å². The van der Waals surface area contributed by atoms with Gasteiger partial charge in [0.15, 0.2) is 0 Å². The second-order valence-corrected chi connectivity index (χ2v) is 6.74. The first kappa shape index (κ1) is 19.3. The molecule has 0 saturated carbocycles. The Balaban J connectivity index is 2.03. The van der Waals surface area contributed by atoms with Crippen LogP contribution in [0.1, 0.15) is 24.5 Å². The number of benzene rings is 2. The summed E-state index contributed by atoms with van der Waals surface area (Å²) in [6.45, 7) is 1.58. The van der Waals surface area contributed by atoms with Gasteiger partial charge in [-0.05, 0) is 6.07 Å². The fourth-order valence-corrected chi connectivity index (χ4v) is 3.11. The summed E-state index contributed by atoms with van der Waals surface area (Å²) in [4.78, 5) is 42.6. The summed E-state index contributed by atoms with van der Waals surface area (Å²) in [7, 11) is 1.65. The summed E-state index contributed by atoms with van der Waals surface area (Å²) in [5.41, 5.74) is 8.12. The Labute approximate surface area is 163 Å². The second kappa shape index (κ2) is 8.04. The van der Waals surface area contributed by atoms with Crippen molar-refractivity contribution in [3.05, 3.63) is 65.7 Å². The van der Waals surface area contributed by atoms with Crippen molar-refractivity contribution in [1.82, 2.24) is 5.32 Å². The van der Waals surface area contributed by atoms with Gasteiger partial charge >= 0.3 is 0 Å². The number of hydrogen-bond acceptors (Lipinski definition) is 4. The van der Waals surface area contributed by atoms with Crippen LogP contribution in [0.25, 0.3) is 0 Å². The quantitative estimate of drug-likeness (QED) is 0.823. The maximum atomic E-state index is 13.0. The number of nitrogens with two attached hydrogens (primary N) is 1. The molecule has 0 saturated heterocycles. The number of amides is 3. The molecule has 7 nitrogen and oxygen atoms in total. The minimum atomic E-state index is -1.10. The molecule has 144 valence electrons. The van der Waals surface area contributed by atoms with Gasteiger partial charge in [0.05, 0.1) is 11.4 Å². The molecule has 3 N–H and O–H groups in total. The van der Waals surface area contributed by atoms with Crippen molar-refractivity contribution in [2.45, 2.75) is 19.5 Å². The number of anilines is 1. The summed E-state index contributed by atoms with van der Waals surface area (Å²) in [6, 6.07) is 16.9. The third-order valence-corrected chi connectivity index (χ3v) is 4.62. The molecular weight excluding hydrogens is 356 g/mol. The predicted molar refractivity (Wildman–Crippen MR) is 107 cm³/mol. The predicted octanol–water partition coefficient (Wildman–Crippen LogP) is 1.45. The third kappa shape index (κ3) is 3.93. The molecular formula is C21H22N4O3. The van der Waals surface area contributed by atoms with Gasteiger partial charge in [-0.1, -0.05) is 55.5 Å². The van der Waals surface area contributed by atoms with E-state index in [2.05, 4.69) is 10.3 Å². The number of fused-ring (bicyclic) bond motifs is 1. The van der Waals surface area contributed by atoms with E-state index in [1.54, 1.807) is 14.0 Å². The Hall–Kier alpha value is -3.48. The Kier molecular flexibility index (Phi) is 5.54. The molecule has 2 aromatic carbocycles. The summed E-state index contributed by atoms with van der Waals surface area (Å²) in [6.07, 6.45) is -1.20. The zero-order chi connectivity index (χ0) is 20.3. The Bertz CT molecular complexity index is 940. The number of nitrogens with one attached hydrogen (secondary N) is 1. The summed E-state index contributed by atoms with van der Waals surface area (Å²) in [5.74, 6) is -2.05. The average molecular weight is 378 g/mol. The van der Waals surface area contributed by atoms with Crippen LogP contribution in [-0.2, 0) is 14.4 Å². The molecule has 0 radical (unpaired) electrons. The largest absolute Gasteiger partial charge is 0.370 e. The number of rotatable bonds is 5. The lowest BCUT2D eigenvalue weighted by molar-refractivity contribution is -0.131. The molecule has 2 unspecified atom stereocenters. The van der Waals surface area contributed by atoms with E-state index in [4.69, 9.17) is 5.73 Å².